The zero-order chi connectivity index (χ0) is 7.56. The number of hydrogen-bond acceptors (Lipinski definition) is 0. The van der Waals surface area contributed by atoms with Crippen molar-refractivity contribution < 1.29 is 4.68 Å². The largest absolute Gasteiger partial charge is 0.211 e. The molecular weight excluding hydrogens is 124 g/mol. The van der Waals surface area contributed by atoms with Crippen molar-refractivity contribution in [2.75, 3.05) is 0 Å². The first-order valence-electron chi connectivity index (χ1n) is 3.49. The summed E-state index contributed by atoms with van der Waals surface area (Å²) in [4.78, 5) is 0. The molecule has 0 unspecified atom stereocenters. The monoisotopic (exact) mass is 137 g/mol. The van der Waals surface area contributed by atoms with Crippen molar-refractivity contribution >= 4 is 6.08 Å². The van der Waals surface area contributed by atoms with Crippen molar-refractivity contribution in [3.05, 3.63) is 24.0 Å². The van der Waals surface area contributed by atoms with Gasteiger partial charge in [0, 0.05) is 6.92 Å². The molecule has 54 valence electrons. The van der Waals surface area contributed by atoms with Crippen LogP contribution in [0, 0.1) is 6.92 Å². The summed E-state index contributed by atoms with van der Waals surface area (Å²) in [7, 11) is 0. The van der Waals surface area contributed by atoms with E-state index in [4.69, 9.17) is 0 Å². The number of aromatic nitrogens is 2. The quantitative estimate of drug-likeness (QED) is 0.592. The summed E-state index contributed by atoms with van der Waals surface area (Å²) in [6, 6.07) is 0. The SMILES string of the molecule is C=Cc1c[nH][n+](CC)c1C. The van der Waals surface area contributed by atoms with Crippen LogP contribution in [0.3, 0.4) is 0 Å². The number of nitrogens with zero attached hydrogens (tertiary/aromatic N) is 1. The summed E-state index contributed by atoms with van der Waals surface area (Å²) in [6.45, 7) is 8.88. The van der Waals surface area contributed by atoms with Crippen LogP contribution >= 0.6 is 0 Å². The normalized spacial score (nSPS) is 9.80. The van der Waals surface area contributed by atoms with Crippen molar-refractivity contribution in [2.45, 2.75) is 20.4 Å². The fourth-order valence-corrected chi connectivity index (χ4v) is 1.04. The zero-order valence-corrected chi connectivity index (χ0v) is 6.52. The van der Waals surface area contributed by atoms with Gasteiger partial charge in [0.1, 0.15) is 0 Å². The lowest BCUT2D eigenvalue weighted by atomic mass is 10.3. The molecule has 0 spiro atoms. The number of aromatic amines is 1. The number of rotatable bonds is 2. The molecule has 10 heavy (non-hydrogen) atoms. The standard InChI is InChI=1S/C8H12N2/c1-4-8-6-9-10(5-2)7(8)3/h4,6H,1,5H2,2-3H3/p+1. The van der Waals surface area contributed by atoms with Gasteiger partial charge in [-0.25, -0.2) is 0 Å². The van der Waals surface area contributed by atoms with Gasteiger partial charge in [0.15, 0.2) is 6.54 Å². The van der Waals surface area contributed by atoms with Crippen LogP contribution in [0.15, 0.2) is 12.8 Å². The highest BCUT2D eigenvalue weighted by molar-refractivity contribution is 5.46. The molecule has 1 N–H and O–H groups in total. The van der Waals surface area contributed by atoms with Crippen LogP contribution in [0.25, 0.3) is 6.08 Å². The average Bonchev–Trinajstić information content (AvgIpc) is 2.30. The lowest BCUT2D eigenvalue weighted by Gasteiger charge is -1.85. The third kappa shape index (κ3) is 0.967. The fourth-order valence-electron chi connectivity index (χ4n) is 1.04. The first-order valence-corrected chi connectivity index (χ1v) is 3.49. The molecule has 0 radical (unpaired) electrons. The van der Waals surface area contributed by atoms with Crippen LogP contribution < -0.4 is 4.68 Å². The van der Waals surface area contributed by atoms with E-state index in [1.54, 1.807) is 0 Å². The molecule has 0 aliphatic carbocycles. The van der Waals surface area contributed by atoms with E-state index in [0.29, 0.717) is 0 Å². The van der Waals surface area contributed by atoms with Crippen LogP contribution in [-0.4, -0.2) is 5.10 Å². The zero-order valence-electron chi connectivity index (χ0n) is 6.52. The molecule has 1 heterocycles. The van der Waals surface area contributed by atoms with Crippen molar-refractivity contribution in [3.8, 4) is 0 Å². The van der Waals surface area contributed by atoms with Gasteiger partial charge in [-0.1, -0.05) is 12.7 Å². The Morgan fingerprint density at radius 1 is 1.80 bits per heavy atom. The van der Waals surface area contributed by atoms with Gasteiger partial charge in [0.05, 0.1) is 11.8 Å². The first kappa shape index (κ1) is 7.06. The minimum Gasteiger partial charge on any atom is -0.172 e. The summed E-state index contributed by atoms with van der Waals surface area (Å²) in [5.74, 6) is 0. The molecule has 2 nitrogen and oxygen atoms in total. The van der Waals surface area contributed by atoms with E-state index in [1.165, 1.54) is 11.3 Å². The maximum Gasteiger partial charge on any atom is 0.211 e. The van der Waals surface area contributed by atoms with Gasteiger partial charge in [-0.05, 0) is 6.92 Å². The average molecular weight is 137 g/mol. The highest BCUT2D eigenvalue weighted by atomic mass is 15.3. The number of H-pyrrole nitrogens is 1. The Balaban J connectivity index is 3.08. The van der Waals surface area contributed by atoms with E-state index in [1.807, 2.05) is 12.3 Å². The van der Waals surface area contributed by atoms with Crippen LogP contribution in [0.5, 0.6) is 0 Å². The molecule has 0 aliphatic rings. The maximum absolute atomic E-state index is 3.71. The van der Waals surface area contributed by atoms with E-state index in [-0.39, 0.29) is 0 Å². The van der Waals surface area contributed by atoms with Gasteiger partial charge in [-0.15, -0.1) is 4.68 Å². The van der Waals surface area contributed by atoms with Crippen molar-refractivity contribution in [1.82, 2.24) is 5.10 Å². The molecule has 0 aromatic carbocycles. The Hall–Kier alpha value is -1.05. The smallest absolute Gasteiger partial charge is 0.172 e. The highest BCUT2D eigenvalue weighted by Gasteiger charge is 2.08. The third-order valence-electron chi connectivity index (χ3n) is 1.73. The second-order valence-corrected chi connectivity index (χ2v) is 2.26. The predicted molar refractivity (Wildman–Crippen MR) is 41.5 cm³/mol. The van der Waals surface area contributed by atoms with Gasteiger partial charge < -0.3 is 0 Å². The van der Waals surface area contributed by atoms with Crippen molar-refractivity contribution in [2.24, 2.45) is 0 Å². The maximum atomic E-state index is 3.71. The lowest BCUT2D eigenvalue weighted by molar-refractivity contribution is -0.752. The Bertz CT molecular complexity index is 235. The first-order chi connectivity index (χ1) is 4.79. The molecule has 1 aromatic heterocycles. The van der Waals surface area contributed by atoms with Crippen LogP contribution in [0.4, 0.5) is 0 Å². The summed E-state index contributed by atoms with van der Waals surface area (Å²) in [5, 5.41) is 3.12. The van der Waals surface area contributed by atoms with Gasteiger partial charge >= 0.3 is 0 Å². The number of hydrogen-bond donors (Lipinski definition) is 1. The minimum atomic E-state index is 0.986. The summed E-state index contributed by atoms with van der Waals surface area (Å²) >= 11 is 0. The van der Waals surface area contributed by atoms with E-state index in [2.05, 4.69) is 30.2 Å². The molecule has 0 fully saturated rings. The van der Waals surface area contributed by atoms with Gasteiger partial charge in [0.25, 0.3) is 0 Å². The summed E-state index contributed by atoms with van der Waals surface area (Å²) < 4.78 is 2.08. The third-order valence-corrected chi connectivity index (χ3v) is 1.73. The van der Waals surface area contributed by atoms with Crippen LogP contribution in [-0.2, 0) is 6.54 Å². The Labute approximate surface area is 61.2 Å². The minimum absolute atomic E-state index is 0.986. The van der Waals surface area contributed by atoms with E-state index in [9.17, 15) is 0 Å². The van der Waals surface area contributed by atoms with Crippen LogP contribution in [0.1, 0.15) is 18.2 Å². The molecule has 0 atom stereocenters. The molecular formula is C8H13N2+. The lowest BCUT2D eigenvalue weighted by Crippen LogP contribution is -2.36. The molecule has 0 saturated carbocycles. The van der Waals surface area contributed by atoms with Crippen molar-refractivity contribution in [1.29, 1.82) is 0 Å². The molecule has 0 amide bonds. The molecule has 0 bridgehead atoms. The topological polar surface area (TPSA) is 19.7 Å². The Morgan fingerprint density at radius 2 is 2.50 bits per heavy atom. The van der Waals surface area contributed by atoms with Gasteiger partial charge in [0.2, 0.25) is 5.69 Å². The summed E-state index contributed by atoms with van der Waals surface area (Å²) in [5.41, 5.74) is 2.43. The van der Waals surface area contributed by atoms with Crippen LogP contribution in [0.2, 0.25) is 0 Å². The Morgan fingerprint density at radius 3 is 2.80 bits per heavy atom. The second kappa shape index (κ2) is 2.69. The Kier molecular flexibility index (Phi) is 1.90. The van der Waals surface area contributed by atoms with E-state index >= 15 is 0 Å². The molecule has 2 heteroatoms. The fraction of sp³-hybridized carbons (Fsp3) is 0.375. The van der Waals surface area contributed by atoms with Gasteiger partial charge in [-0.3, -0.25) is 0 Å². The summed E-state index contributed by atoms with van der Waals surface area (Å²) in [6.07, 6.45) is 3.82. The molecule has 1 rings (SSSR count). The van der Waals surface area contributed by atoms with E-state index in [0.717, 1.165) is 6.54 Å². The highest BCUT2D eigenvalue weighted by Crippen LogP contribution is 2.01. The number of aryl methyl sites for hydroxylation is 1. The van der Waals surface area contributed by atoms with Crippen molar-refractivity contribution in [3.63, 3.8) is 0 Å². The number of nitrogens with one attached hydrogen (secondary N) is 1. The van der Waals surface area contributed by atoms with E-state index < -0.39 is 0 Å². The molecule has 1 aromatic rings. The van der Waals surface area contributed by atoms with Gasteiger partial charge in [-0.2, -0.15) is 5.10 Å². The second-order valence-electron chi connectivity index (χ2n) is 2.26. The molecule has 0 saturated heterocycles. The molecule has 0 aliphatic heterocycles. The predicted octanol–water partition coefficient (Wildman–Crippen LogP) is 1.27.